The van der Waals surface area contributed by atoms with E-state index in [9.17, 15) is 4.79 Å². The number of ether oxygens (including phenoxy) is 1. The summed E-state index contributed by atoms with van der Waals surface area (Å²) in [5, 5.41) is 6.89. The largest absolute Gasteiger partial charge is 0.466 e. The molecule has 2 rings (SSSR count). The van der Waals surface area contributed by atoms with E-state index in [2.05, 4.69) is 61.7 Å². The minimum absolute atomic E-state index is 0.0434. The minimum atomic E-state index is -0.0434. The number of esters is 1. The predicted octanol–water partition coefficient (Wildman–Crippen LogP) is 3.24. The number of hydrogen-bond acceptors (Lipinski definition) is 4. The first-order chi connectivity index (χ1) is 13.4. The maximum absolute atomic E-state index is 11.9. The van der Waals surface area contributed by atoms with Crippen LogP contribution < -0.4 is 15.5 Å². The Hall–Kier alpha value is -2.24. The van der Waals surface area contributed by atoms with Crippen LogP contribution in [-0.4, -0.2) is 45.2 Å². The summed E-state index contributed by atoms with van der Waals surface area (Å²) < 4.78 is 5.16. The number of nitrogens with zero attached hydrogens (tertiary/aromatic N) is 2. The topological polar surface area (TPSA) is 66.0 Å². The highest BCUT2D eigenvalue weighted by atomic mass is 16.5. The molecule has 28 heavy (non-hydrogen) atoms. The van der Waals surface area contributed by atoms with Crippen molar-refractivity contribution in [2.75, 3.05) is 32.1 Å². The Morgan fingerprint density at radius 1 is 1.21 bits per heavy atom. The summed E-state index contributed by atoms with van der Waals surface area (Å²) in [7, 11) is 4.10. The van der Waals surface area contributed by atoms with Gasteiger partial charge in [-0.2, -0.15) is 0 Å². The molecule has 1 aromatic rings. The minimum Gasteiger partial charge on any atom is -0.466 e. The van der Waals surface area contributed by atoms with Crippen molar-refractivity contribution in [3.63, 3.8) is 0 Å². The number of benzene rings is 1. The fourth-order valence-electron chi connectivity index (χ4n) is 3.55. The molecule has 0 atom stereocenters. The quantitative estimate of drug-likeness (QED) is 0.426. The maximum atomic E-state index is 11.9. The van der Waals surface area contributed by atoms with E-state index in [4.69, 9.17) is 9.73 Å². The van der Waals surface area contributed by atoms with Crippen LogP contribution in [0.4, 0.5) is 5.69 Å². The zero-order valence-corrected chi connectivity index (χ0v) is 18.0. The Balaban J connectivity index is 1.93. The average molecular weight is 389 g/mol. The van der Waals surface area contributed by atoms with Gasteiger partial charge < -0.3 is 20.3 Å². The molecule has 0 aliphatic heterocycles. The third-order valence-corrected chi connectivity index (χ3v) is 5.28. The number of aryl methyl sites for hydroxylation is 1. The van der Waals surface area contributed by atoms with Gasteiger partial charge >= 0.3 is 5.97 Å². The van der Waals surface area contributed by atoms with Crippen molar-refractivity contribution in [1.29, 1.82) is 0 Å². The standard InChI is InChI=1S/C22H36N4O2/c1-6-23-22(24-15-18-10-13-20(26(4)5)14-16(18)3)25-19-11-8-17(9-12-19)21(27)28-7-2/h10,13-14,17,19H,6-9,11-12,15H2,1-5H3,(H2,23,24,25). The zero-order valence-electron chi connectivity index (χ0n) is 18.0. The number of anilines is 1. The SMILES string of the molecule is CCNC(=NCc1ccc(N(C)C)cc1C)NC1CCC(C(=O)OCC)CC1. The van der Waals surface area contributed by atoms with Crippen LogP contribution >= 0.6 is 0 Å². The molecule has 1 aliphatic rings. The van der Waals surface area contributed by atoms with Crippen LogP contribution in [0.5, 0.6) is 0 Å². The van der Waals surface area contributed by atoms with E-state index >= 15 is 0 Å². The Morgan fingerprint density at radius 3 is 2.50 bits per heavy atom. The normalized spacial score (nSPS) is 19.8. The molecule has 0 heterocycles. The number of nitrogens with one attached hydrogen (secondary N) is 2. The van der Waals surface area contributed by atoms with Crippen molar-refractivity contribution < 1.29 is 9.53 Å². The van der Waals surface area contributed by atoms with E-state index in [1.807, 2.05) is 6.92 Å². The zero-order chi connectivity index (χ0) is 20.5. The molecule has 0 unspecified atom stereocenters. The molecule has 0 spiro atoms. The van der Waals surface area contributed by atoms with E-state index < -0.39 is 0 Å². The summed E-state index contributed by atoms with van der Waals surface area (Å²) in [5.41, 5.74) is 3.68. The van der Waals surface area contributed by atoms with Gasteiger partial charge in [0.25, 0.3) is 0 Å². The summed E-state index contributed by atoms with van der Waals surface area (Å²) in [4.78, 5) is 18.8. The second-order valence-electron chi connectivity index (χ2n) is 7.65. The van der Waals surface area contributed by atoms with Crippen molar-refractivity contribution in [1.82, 2.24) is 10.6 Å². The molecule has 0 radical (unpaired) electrons. The van der Waals surface area contributed by atoms with Gasteiger partial charge in [-0.25, -0.2) is 4.99 Å². The number of guanidine groups is 1. The highest BCUT2D eigenvalue weighted by Gasteiger charge is 2.27. The molecule has 2 N–H and O–H groups in total. The highest BCUT2D eigenvalue weighted by Crippen LogP contribution is 2.25. The smallest absolute Gasteiger partial charge is 0.308 e. The van der Waals surface area contributed by atoms with Gasteiger partial charge in [-0.05, 0) is 69.7 Å². The van der Waals surface area contributed by atoms with Gasteiger partial charge in [-0.1, -0.05) is 6.07 Å². The molecule has 1 aromatic carbocycles. The number of aliphatic imine (C=N–C) groups is 1. The van der Waals surface area contributed by atoms with Crippen molar-refractivity contribution in [3.05, 3.63) is 29.3 Å². The van der Waals surface area contributed by atoms with Gasteiger partial charge in [0.05, 0.1) is 19.1 Å². The lowest BCUT2D eigenvalue weighted by molar-refractivity contribution is -0.149. The third-order valence-electron chi connectivity index (χ3n) is 5.28. The molecule has 1 saturated carbocycles. The summed E-state index contributed by atoms with van der Waals surface area (Å²) in [5.74, 6) is 0.853. The summed E-state index contributed by atoms with van der Waals surface area (Å²) in [6.07, 6.45) is 3.68. The lowest BCUT2D eigenvalue weighted by Crippen LogP contribution is -2.45. The van der Waals surface area contributed by atoms with E-state index in [1.54, 1.807) is 0 Å². The fourth-order valence-corrected chi connectivity index (χ4v) is 3.55. The molecule has 0 saturated heterocycles. The molecule has 1 fully saturated rings. The van der Waals surface area contributed by atoms with Gasteiger partial charge in [0.2, 0.25) is 0 Å². The number of carbonyl (C=O) groups excluding carboxylic acids is 1. The predicted molar refractivity (Wildman–Crippen MR) is 116 cm³/mol. The van der Waals surface area contributed by atoms with Crippen molar-refractivity contribution >= 4 is 17.6 Å². The maximum Gasteiger partial charge on any atom is 0.308 e. The summed E-state index contributed by atoms with van der Waals surface area (Å²) >= 11 is 0. The summed E-state index contributed by atoms with van der Waals surface area (Å²) in [6, 6.07) is 6.83. The van der Waals surface area contributed by atoms with E-state index in [0.29, 0.717) is 19.2 Å². The van der Waals surface area contributed by atoms with Crippen LogP contribution in [0.15, 0.2) is 23.2 Å². The van der Waals surface area contributed by atoms with Crippen LogP contribution in [0.2, 0.25) is 0 Å². The molecule has 0 amide bonds. The number of rotatable bonds is 7. The molecular formula is C22H36N4O2. The average Bonchev–Trinajstić information content (AvgIpc) is 2.67. The van der Waals surface area contributed by atoms with E-state index in [-0.39, 0.29) is 11.9 Å². The molecule has 6 heteroatoms. The highest BCUT2D eigenvalue weighted by molar-refractivity contribution is 5.80. The van der Waals surface area contributed by atoms with Crippen molar-refractivity contribution in [3.8, 4) is 0 Å². The monoisotopic (exact) mass is 388 g/mol. The molecule has 156 valence electrons. The van der Waals surface area contributed by atoms with Crippen LogP contribution in [0.1, 0.15) is 50.7 Å². The van der Waals surface area contributed by atoms with Gasteiger partial charge in [-0.3, -0.25) is 4.79 Å². The Morgan fingerprint density at radius 2 is 1.93 bits per heavy atom. The Labute approximate surface area is 169 Å². The van der Waals surface area contributed by atoms with Crippen molar-refractivity contribution in [2.24, 2.45) is 10.9 Å². The van der Waals surface area contributed by atoms with E-state index in [1.165, 1.54) is 16.8 Å². The molecule has 0 aromatic heterocycles. The lowest BCUT2D eigenvalue weighted by Gasteiger charge is -2.29. The van der Waals surface area contributed by atoms with Gasteiger partial charge in [0, 0.05) is 32.4 Å². The second-order valence-corrected chi connectivity index (χ2v) is 7.65. The van der Waals surface area contributed by atoms with Gasteiger partial charge in [0.15, 0.2) is 5.96 Å². The lowest BCUT2D eigenvalue weighted by atomic mass is 9.86. The van der Waals surface area contributed by atoms with Gasteiger partial charge in [0.1, 0.15) is 0 Å². The Kier molecular flexibility index (Phi) is 8.61. The van der Waals surface area contributed by atoms with Crippen LogP contribution in [0.3, 0.4) is 0 Å². The van der Waals surface area contributed by atoms with Crippen LogP contribution in [-0.2, 0) is 16.1 Å². The first-order valence-corrected chi connectivity index (χ1v) is 10.4. The molecule has 1 aliphatic carbocycles. The number of hydrogen-bond donors (Lipinski definition) is 2. The second kappa shape index (κ2) is 10.9. The Bertz CT molecular complexity index is 665. The molecular weight excluding hydrogens is 352 g/mol. The van der Waals surface area contributed by atoms with Gasteiger partial charge in [-0.15, -0.1) is 0 Å². The van der Waals surface area contributed by atoms with Crippen molar-refractivity contribution in [2.45, 2.75) is 59.0 Å². The number of carbonyl (C=O) groups is 1. The van der Waals surface area contributed by atoms with E-state index in [0.717, 1.165) is 38.2 Å². The summed E-state index contributed by atoms with van der Waals surface area (Å²) in [6.45, 7) is 8.00. The first kappa shape index (κ1) is 22.1. The third kappa shape index (κ3) is 6.43. The first-order valence-electron chi connectivity index (χ1n) is 10.4. The molecule has 6 nitrogen and oxygen atoms in total. The fraction of sp³-hybridized carbons (Fsp3) is 0.636. The van der Waals surface area contributed by atoms with Crippen LogP contribution in [0, 0.1) is 12.8 Å². The van der Waals surface area contributed by atoms with Crippen LogP contribution in [0.25, 0.3) is 0 Å². The molecule has 0 bridgehead atoms.